The van der Waals surface area contributed by atoms with Crippen LogP contribution in [-0.4, -0.2) is 23.8 Å². The summed E-state index contributed by atoms with van der Waals surface area (Å²) in [6, 6.07) is 0. The van der Waals surface area contributed by atoms with Crippen LogP contribution in [0.25, 0.3) is 0 Å². The maximum Gasteiger partial charge on any atom is 1.00 e. The van der Waals surface area contributed by atoms with Crippen LogP contribution in [0.2, 0.25) is 0 Å². The SMILES string of the molecule is CCCS(=O)(=O)[O-].NC(=S)NS.[Na+]. The van der Waals surface area contributed by atoms with E-state index in [-0.39, 0.29) is 40.4 Å². The molecule has 0 saturated carbocycles. The van der Waals surface area contributed by atoms with Crippen molar-refractivity contribution in [2.45, 2.75) is 13.3 Å². The fourth-order valence-electron chi connectivity index (χ4n) is 0.250. The molecule has 0 amide bonds. The van der Waals surface area contributed by atoms with Gasteiger partial charge in [0.15, 0.2) is 5.11 Å². The molecule has 0 aliphatic rings. The second-order valence-corrected chi connectivity index (χ2v) is 3.92. The van der Waals surface area contributed by atoms with Gasteiger partial charge in [-0.1, -0.05) is 19.7 Å². The summed E-state index contributed by atoms with van der Waals surface area (Å²) >= 11 is 7.79. The van der Waals surface area contributed by atoms with Crippen molar-refractivity contribution >= 4 is 40.3 Å². The van der Waals surface area contributed by atoms with Crippen LogP contribution in [0.5, 0.6) is 0 Å². The Morgan fingerprint density at radius 2 is 2.00 bits per heavy atom. The van der Waals surface area contributed by atoms with E-state index in [1.165, 1.54) is 0 Å². The van der Waals surface area contributed by atoms with Gasteiger partial charge in [0, 0.05) is 5.75 Å². The first-order valence-corrected chi connectivity index (χ1v) is 5.40. The van der Waals surface area contributed by atoms with Crippen molar-refractivity contribution in [1.82, 2.24) is 4.72 Å². The molecule has 0 heterocycles. The molecule has 9 heteroatoms. The Kier molecular flexibility index (Phi) is 16.6. The van der Waals surface area contributed by atoms with Gasteiger partial charge in [0.25, 0.3) is 0 Å². The van der Waals surface area contributed by atoms with E-state index in [2.05, 4.69) is 29.8 Å². The smallest absolute Gasteiger partial charge is 0.748 e. The minimum atomic E-state index is -3.92. The van der Waals surface area contributed by atoms with Gasteiger partial charge < -0.3 is 15.0 Å². The molecule has 0 bridgehead atoms. The van der Waals surface area contributed by atoms with Crippen molar-refractivity contribution in [2.24, 2.45) is 5.73 Å². The largest absolute Gasteiger partial charge is 1.00 e. The minimum absolute atomic E-state index is 0. The molecular formula is C4H11N2NaO3S3. The van der Waals surface area contributed by atoms with Crippen LogP contribution >= 0.6 is 25.0 Å². The third-order valence-corrected chi connectivity index (χ3v) is 1.97. The summed E-state index contributed by atoms with van der Waals surface area (Å²) in [4.78, 5) is 0. The molecule has 0 radical (unpaired) electrons. The van der Waals surface area contributed by atoms with Gasteiger partial charge in [-0.05, 0) is 18.6 Å². The Balaban J connectivity index is -0.000000150. The maximum atomic E-state index is 9.68. The molecule has 0 fully saturated rings. The second-order valence-electron chi connectivity index (χ2n) is 1.74. The van der Waals surface area contributed by atoms with Crippen LogP contribution < -0.4 is 40.0 Å². The standard InChI is InChI=1S/C3H8O3S.CH4N2S2.Na/c1-2-3-7(4,5)6;2-1(4)3-5;/h2-3H2,1H3,(H,4,5,6);5H,(H3,2,3,4);/q;;+1/p-1. The van der Waals surface area contributed by atoms with Crippen molar-refractivity contribution in [3.05, 3.63) is 0 Å². The van der Waals surface area contributed by atoms with Gasteiger partial charge in [-0.2, -0.15) is 0 Å². The van der Waals surface area contributed by atoms with Crippen LogP contribution in [-0.2, 0) is 10.1 Å². The number of rotatable bonds is 2. The predicted molar refractivity (Wildman–Crippen MR) is 53.8 cm³/mol. The number of nitrogens with one attached hydrogen (secondary N) is 1. The molecule has 0 rings (SSSR count). The van der Waals surface area contributed by atoms with Crippen molar-refractivity contribution in [3.63, 3.8) is 0 Å². The topological polar surface area (TPSA) is 95.2 Å². The molecule has 13 heavy (non-hydrogen) atoms. The van der Waals surface area contributed by atoms with E-state index < -0.39 is 10.1 Å². The van der Waals surface area contributed by atoms with E-state index in [1.807, 2.05) is 0 Å². The van der Waals surface area contributed by atoms with Gasteiger partial charge in [-0.3, -0.25) is 0 Å². The summed E-state index contributed by atoms with van der Waals surface area (Å²) in [5.74, 6) is -0.243. The zero-order chi connectivity index (χ0) is 10.2. The number of thiocarbonyl (C=S) groups is 1. The fraction of sp³-hybridized carbons (Fsp3) is 0.750. The monoisotopic (exact) mass is 254 g/mol. The van der Waals surface area contributed by atoms with Gasteiger partial charge in [0.1, 0.15) is 0 Å². The van der Waals surface area contributed by atoms with E-state index in [0.717, 1.165) is 0 Å². The Bertz CT molecular complexity index is 219. The van der Waals surface area contributed by atoms with Gasteiger partial charge in [-0.15, -0.1) is 0 Å². The van der Waals surface area contributed by atoms with Crippen LogP contribution in [0.15, 0.2) is 0 Å². The molecule has 0 aromatic carbocycles. The molecule has 3 N–H and O–H groups in total. The molecule has 0 unspecified atom stereocenters. The molecule has 0 saturated heterocycles. The zero-order valence-corrected chi connectivity index (χ0v) is 12.0. The third-order valence-electron chi connectivity index (χ3n) is 0.564. The van der Waals surface area contributed by atoms with E-state index >= 15 is 0 Å². The number of hydrogen-bond acceptors (Lipinski definition) is 5. The van der Waals surface area contributed by atoms with E-state index in [0.29, 0.717) is 6.42 Å². The molecule has 5 nitrogen and oxygen atoms in total. The molecule has 0 aromatic rings. The van der Waals surface area contributed by atoms with E-state index in [4.69, 9.17) is 5.73 Å². The van der Waals surface area contributed by atoms with Gasteiger partial charge in [0.2, 0.25) is 0 Å². The average molecular weight is 254 g/mol. The molecule has 74 valence electrons. The molecule has 0 aromatic heterocycles. The van der Waals surface area contributed by atoms with Crippen molar-refractivity contribution in [3.8, 4) is 0 Å². The summed E-state index contributed by atoms with van der Waals surface area (Å²) in [7, 11) is -3.92. The summed E-state index contributed by atoms with van der Waals surface area (Å²) in [6.07, 6.45) is 0.409. The summed E-state index contributed by atoms with van der Waals surface area (Å²) in [5, 5.41) is 0.202. The van der Waals surface area contributed by atoms with Crippen molar-refractivity contribution < 1.29 is 42.5 Å². The summed E-state index contributed by atoms with van der Waals surface area (Å²) in [5.41, 5.74) is 4.84. The second kappa shape index (κ2) is 11.0. The normalized spacial score (nSPS) is 8.85. The van der Waals surface area contributed by atoms with Crippen molar-refractivity contribution in [2.75, 3.05) is 5.75 Å². The van der Waals surface area contributed by atoms with Crippen LogP contribution in [0, 0.1) is 0 Å². The zero-order valence-electron chi connectivity index (χ0n) is 7.48. The molecule has 0 aliphatic carbocycles. The van der Waals surface area contributed by atoms with Crippen LogP contribution in [0.1, 0.15) is 13.3 Å². The Morgan fingerprint density at radius 3 is 2.00 bits per heavy atom. The molecule has 0 aliphatic heterocycles. The number of hydrogen-bond donors (Lipinski definition) is 3. The average Bonchev–Trinajstić information content (AvgIpc) is 1.86. The van der Waals surface area contributed by atoms with Crippen LogP contribution in [0.3, 0.4) is 0 Å². The van der Waals surface area contributed by atoms with Gasteiger partial charge >= 0.3 is 29.6 Å². The summed E-state index contributed by atoms with van der Waals surface area (Å²) in [6.45, 7) is 1.65. The quantitative estimate of drug-likeness (QED) is 0.206. The van der Waals surface area contributed by atoms with Gasteiger partial charge in [0.05, 0.1) is 10.1 Å². The third kappa shape index (κ3) is 32.1. The Hall–Kier alpha value is 0.950. The molecule has 0 spiro atoms. The molecule has 0 atom stereocenters. The molecular weight excluding hydrogens is 243 g/mol. The van der Waals surface area contributed by atoms with Crippen molar-refractivity contribution in [1.29, 1.82) is 0 Å². The van der Waals surface area contributed by atoms with E-state index in [1.54, 1.807) is 6.92 Å². The number of thiol groups is 1. The maximum absolute atomic E-state index is 9.68. The summed E-state index contributed by atoms with van der Waals surface area (Å²) < 4.78 is 31.3. The Morgan fingerprint density at radius 1 is 1.69 bits per heavy atom. The predicted octanol–water partition coefficient (Wildman–Crippen LogP) is -3.39. The van der Waals surface area contributed by atoms with E-state index in [9.17, 15) is 13.0 Å². The first-order chi connectivity index (χ1) is 5.33. The Labute approximate surface area is 111 Å². The van der Waals surface area contributed by atoms with Crippen LogP contribution in [0.4, 0.5) is 0 Å². The number of nitrogens with two attached hydrogens (primary N) is 1. The van der Waals surface area contributed by atoms with Gasteiger partial charge in [-0.25, -0.2) is 8.42 Å². The minimum Gasteiger partial charge on any atom is -0.748 e. The first-order valence-electron chi connectivity index (χ1n) is 2.96. The fourth-order valence-corrected chi connectivity index (χ4v) is 0.750. The first kappa shape index (κ1) is 19.5.